The summed E-state index contributed by atoms with van der Waals surface area (Å²) in [5, 5.41) is 7.53. The van der Waals surface area contributed by atoms with Crippen molar-refractivity contribution in [3.05, 3.63) is 47.7 Å². The van der Waals surface area contributed by atoms with Gasteiger partial charge in [0.25, 0.3) is 0 Å². The highest BCUT2D eigenvalue weighted by Crippen LogP contribution is 2.12. The third-order valence-electron chi connectivity index (χ3n) is 2.12. The molecule has 5 nitrogen and oxygen atoms in total. The fourth-order valence-corrected chi connectivity index (χ4v) is 1.35. The van der Waals surface area contributed by atoms with Gasteiger partial charge in [-0.25, -0.2) is 0 Å². The number of nitrogen functional groups attached to an aromatic ring is 1. The number of carbonyl (C=O) groups excluding carboxylic acids is 1. The Morgan fingerprint density at radius 2 is 2.05 bits per heavy atom. The molecule has 0 aliphatic carbocycles. The van der Waals surface area contributed by atoms with Crippen LogP contribution in [0.2, 0.25) is 0 Å². The molecule has 2 aromatic rings. The van der Waals surface area contributed by atoms with Gasteiger partial charge in [0.2, 0.25) is 0 Å². The van der Waals surface area contributed by atoms with Crippen LogP contribution in [0.1, 0.15) is 18.2 Å². The van der Waals surface area contributed by atoms with Gasteiger partial charge < -0.3 is 10.5 Å². The first-order valence-corrected chi connectivity index (χ1v) is 5.53. The Labute approximate surface area is 110 Å². The minimum atomic E-state index is -0.366. The van der Waals surface area contributed by atoms with Gasteiger partial charge in [0.05, 0.1) is 0 Å². The van der Waals surface area contributed by atoms with E-state index in [4.69, 9.17) is 10.5 Å². The van der Waals surface area contributed by atoms with E-state index in [0.29, 0.717) is 17.3 Å². The molecule has 0 unspecified atom stereocenters. The molecule has 2 N–H and O–H groups in total. The lowest BCUT2D eigenvalue weighted by Crippen LogP contribution is -2.01. The standard InChI is InChI=1S/C14H11N3O2/c1-10(18)19-13-4-2-3-11(9-13)5-6-12-7-8-14(15)17-16-12/h2-4,7-9H,1H3,(H2,15,17). The van der Waals surface area contributed by atoms with Crippen LogP contribution >= 0.6 is 0 Å². The van der Waals surface area contributed by atoms with Crippen LogP contribution in [0, 0.1) is 11.8 Å². The molecule has 19 heavy (non-hydrogen) atoms. The summed E-state index contributed by atoms with van der Waals surface area (Å²) in [6, 6.07) is 10.3. The summed E-state index contributed by atoms with van der Waals surface area (Å²) in [4.78, 5) is 10.8. The summed E-state index contributed by atoms with van der Waals surface area (Å²) >= 11 is 0. The van der Waals surface area contributed by atoms with Crippen molar-refractivity contribution in [2.45, 2.75) is 6.92 Å². The van der Waals surface area contributed by atoms with Gasteiger partial charge in [0.15, 0.2) is 0 Å². The van der Waals surface area contributed by atoms with Gasteiger partial charge in [-0.15, -0.1) is 10.2 Å². The topological polar surface area (TPSA) is 78.1 Å². The fraction of sp³-hybridized carbons (Fsp3) is 0.0714. The highest BCUT2D eigenvalue weighted by Gasteiger charge is 1.98. The van der Waals surface area contributed by atoms with Crippen molar-refractivity contribution in [2.75, 3.05) is 5.73 Å². The Morgan fingerprint density at radius 3 is 2.74 bits per heavy atom. The Kier molecular flexibility index (Phi) is 3.74. The molecule has 0 atom stereocenters. The summed E-state index contributed by atoms with van der Waals surface area (Å²) in [7, 11) is 0. The minimum Gasteiger partial charge on any atom is -0.427 e. The summed E-state index contributed by atoms with van der Waals surface area (Å²) in [6.45, 7) is 1.35. The number of aromatic nitrogens is 2. The zero-order valence-electron chi connectivity index (χ0n) is 10.3. The van der Waals surface area contributed by atoms with E-state index >= 15 is 0 Å². The van der Waals surface area contributed by atoms with Crippen molar-refractivity contribution in [1.82, 2.24) is 10.2 Å². The van der Waals surface area contributed by atoms with E-state index < -0.39 is 0 Å². The van der Waals surface area contributed by atoms with Gasteiger partial charge in [-0.1, -0.05) is 12.0 Å². The minimum absolute atomic E-state index is 0.349. The van der Waals surface area contributed by atoms with Crippen LogP contribution in [0.3, 0.4) is 0 Å². The molecule has 0 radical (unpaired) electrons. The number of esters is 1. The number of carbonyl (C=O) groups is 1. The highest BCUT2D eigenvalue weighted by molar-refractivity contribution is 5.69. The molecular formula is C14H11N3O2. The summed E-state index contributed by atoms with van der Waals surface area (Å²) < 4.78 is 4.97. The third-order valence-corrected chi connectivity index (χ3v) is 2.12. The second kappa shape index (κ2) is 5.65. The van der Waals surface area contributed by atoms with E-state index in [1.807, 2.05) is 6.07 Å². The molecular weight excluding hydrogens is 242 g/mol. The van der Waals surface area contributed by atoms with Crippen LogP contribution in [0.5, 0.6) is 5.75 Å². The lowest BCUT2D eigenvalue weighted by molar-refractivity contribution is -0.131. The van der Waals surface area contributed by atoms with E-state index in [1.54, 1.807) is 30.3 Å². The number of rotatable bonds is 1. The summed E-state index contributed by atoms with van der Waals surface area (Å²) in [5.41, 5.74) is 6.67. The Bertz CT molecular complexity index is 654. The van der Waals surface area contributed by atoms with Gasteiger partial charge in [-0.2, -0.15) is 0 Å². The summed E-state index contributed by atoms with van der Waals surface area (Å²) in [5.74, 6) is 6.20. The van der Waals surface area contributed by atoms with Crippen molar-refractivity contribution >= 4 is 11.8 Å². The fourth-order valence-electron chi connectivity index (χ4n) is 1.35. The van der Waals surface area contributed by atoms with E-state index in [9.17, 15) is 4.79 Å². The van der Waals surface area contributed by atoms with Crippen LogP contribution < -0.4 is 10.5 Å². The van der Waals surface area contributed by atoms with E-state index in [0.717, 1.165) is 5.56 Å². The summed E-state index contributed by atoms with van der Waals surface area (Å²) in [6.07, 6.45) is 0. The van der Waals surface area contributed by atoms with Crippen LogP contribution in [-0.4, -0.2) is 16.2 Å². The number of nitrogens with zero attached hydrogens (tertiary/aromatic N) is 2. The first kappa shape index (κ1) is 12.6. The van der Waals surface area contributed by atoms with Crippen LogP contribution in [0.15, 0.2) is 36.4 Å². The zero-order chi connectivity index (χ0) is 13.7. The van der Waals surface area contributed by atoms with E-state index in [2.05, 4.69) is 22.0 Å². The number of hydrogen-bond donors (Lipinski definition) is 1. The number of benzene rings is 1. The average molecular weight is 253 g/mol. The van der Waals surface area contributed by atoms with Crippen molar-refractivity contribution in [2.24, 2.45) is 0 Å². The molecule has 1 heterocycles. The number of hydrogen-bond acceptors (Lipinski definition) is 5. The average Bonchev–Trinajstić information content (AvgIpc) is 2.38. The van der Waals surface area contributed by atoms with Gasteiger partial charge >= 0.3 is 5.97 Å². The lowest BCUT2D eigenvalue weighted by Gasteiger charge is -2.00. The second-order valence-corrected chi connectivity index (χ2v) is 3.71. The predicted octanol–water partition coefficient (Wildman–Crippen LogP) is 1.38. The van der Waals surface area contributed by atoms with Gasteiger partial charge in [0.1, 0.15) is 17.3 Å². The van der Waals surface area contributed by atoms with Gasteiger partial charge in [-0.05, 0) is 36.3 Å². The molecule has 5 heteroatoms. The quantitative estimate of drug-likeness (QED) is 0.472. The molecule has 2 rings (SSSR count). The Hall–Kier alpha value is -2.87. The molecule has 0 aliphatic rings. The van der Waals surface area contributed by atoms with E-state index in [-0.39, 0.29) is 5.97 Å². The predicted molar refractivity (Wildman–Crippen MR) is 70.2 cm³/mol. The Balaban J connectivity index is 2.19. The van der Waals surface area contributed by atoms with Crippen molar-refractivity contribution in [1.29, 1.82) is 0 Å². The molecule has 0 saturated heterocycles. The van der Waals surface area contributed by atoms with Crippen LogP contribution in [0.4, 0.5) is 5.82 Å². The number of nitrogens with two attached hydrogens (primary N) is 1. The monoisotopic (exact) mass is 253 g/mol. The third kappa shape index (κ3) is 3.82. The van der Waals surface area contributed by atoms with Crippen molar-refractivity contribution < 1.29 is 9.53 Å². The zero-order valence-corrected chi connectivity index (χ0v) is 10.3. The Morgan fingerprint density at radius 1 is 1.21 bits per heavy atom. The molecule has 0 bridgehead atoms. The SMILES string of the molecule is CC(=O)Oc1cccc(C#Cc2ccc(N)nn2)c1. The maximum Gasteiger partial charge on any atom is 0.308 e. The van der Waals surface area contributed by atoms with Gasteiger partial charge in [0, 0.05) is 12.5 Å². The van der Waals surface area contributed by atoms with E-state index in [1.165, 1.54) is 6.92 Å². The van der Waals surface area contributed by atoms with Crippen LogP contribution in [0.25, 0.3) is 0 Å². The maximum absolute atomic E-state index is 10.8. The smallest absolute Gasteiger partial charge is 0.308 e. The maximum atomic E-state index is 10.8. The molecule has 0 amide bonds. The van der Waals surface area contributed by atoms with Gasteiger partial charge in [-0.3, -0.25) is 4.79 Å². The second-order valence-electron chi connectivity index (χ2n) is 3.71. The largest absolute Gasteiger partial charge is 0.427 e. The molecule has 0 saturated carbocycles. The molecule has 1 aromatic carbocycles. The number of ether oxygens (including phenoxy) is 1. The first-order valence-electron chi connectivity index (χ1n) is 5.53. The molecule has 0 fully saturated rings. The van der Waals surface area contributed by atoms with Crippen LogP contribution in [-0.2, 0) is 4.79 Å². The number of anilines is 1. The van der Waals surface area contributed by atoms with Crippen molar-refractivity contribution in [3.63, 3.8) is 0 Å². The molecule has 94 valence electrons. The molecule has 0 spiro atoms. The first-order chi connectivity index (χ1) is 9.13. The normalized spacial score (nSPS) is 9.32. The lowest BCUT2D eigenvalue weighted by atomic mass is 10.2. The molecule has 0 aliphatic heterocycles. The van der Waals surface area contributed by atoms with Crippen molar-refractivity contribution in [3.8, 4) is 17.6 Å². The highest BCUT2D eigenvalue weighted by atomic mass is 16.5. The molecule has 1 aromatic heterocycles.